The number of halogens is 1. The fraction of sp³-hybridized carbons (Fsp3) is 0.350. The van der Waals surface area contributed by atoms with Gasteiger partial charge in [0.05, 0.1) is 11.4 Å². The van der Waals surface area contributed by atoms with Crippen LogP contribution in [0.5, 0.6) is 0 Å². The summed E-state index contributed by atoms with van der Waals surface area (Å²) in [7, 11) is -3.71. The van der Waals surface area contributed by atoms with Gasteiger partial charge >= 0.3 is 0 Å². The summed E-state index contributed by atoms with van der Waals surface area (Å²) in [5.74, 6) is 0.0758. The van der Waals surface area contributed by atoms with Crippen LogP contribution in [0.1, 0.15) is 17.0 Å². The Bertz CT molecular complexity index is 1120. The van der Waals surface area contributed by atoms with Gasteiger partial charge in [0.1, 0.15) is 11.3 Å². The Balaban J connectivity index is 1.44. The number of nitrogens with zero attached hydrogens (tertiary/aromatic N) is 3. The van der Waals surface area contributed by atoms with Gasteiger partial charge in [-0.25, -0.2) is 17.8 Å². The van der Waals surface area contributed by atoms with E-state index in [1.807, 2.05) is 25.1 Å². The Hall–Kier alpha value is -2.29. The number of oxazole rings is 1. The van der Waals surface area contributed by atoms with Gasteiger partial charge in [0.2, 0.25) is 15.9 Å². The van der Waals surface area contributed by atoms with Crippen molar-refractivity contribution in [1.82, 2.24) is 14.2 Å². The lowest BCUT2D eigenvalue weighted by molar-refractivity contribution is 0.169. The number of aryl methyl sites for hydroxylation is 2. The first-order valence-corrected chi connectivity index (χ1v) is 10.6. The summed E-state index contributed by atoms with van der Waals surface area (Å²) < 4.78 is 46.5. The maximum absolute atomic E-state index is 13.6. The Morgan fingerprint density at radius 2 is 1.82 bits per heavy atom. The molecule has 0 saturated carbocycles. The second kappa shape index (κ2) is 7.27. The SMILES string of the molecule is Cc1ccc2oc(CN3CCN(S(=O)(=O)c4cc(F)ccc4C)CC3)nc2c1. The van der Waals surface area contributed by atoms with Crippen molar-refractivity contribution < 1.29 is 17.2 Å². The summed E-state index contributed by atoms with van der Waals surface area (Å²) in [6, 6.07) is 9.73. The van der Waals surface area contributed by atoms with E-state index in [9.17, 15) is 12.8 Å². The molecule has 1 aromatic heterocycles. The monoisotopic (exact) mass is 403 g/mol. The van der Waals surface area contributed by atoms with Crippen LogP contribution in [-0.2, 0) is 16.6 Å². The minimum Gasteiger partial charge on any atom is -0.439 e. The summed E-state index contributed by atoms with van der Waals surface area (Å²) in [5, 5.41) is 0. The summed E-state index contributed by atoms with van der Waals surface area (Å²) in [4.78, 5) is 6.67. The normalized spacial score (nSPS) is 16.7. The van der Waals surface area contributed by atoms with Gasteiger partial charge in [0.25, 0.3) is 0 Å². The van der Waals surface area contributed by atoms with Crippen molar-refractivity contribution in [1.29, 1.82) is 0 Å². The average molecular weight is 403 g/mol. The highest BCUT2D eigenvalue weighted by Gasteiger charge is 2.30. The van der Waals surface area contributed by atoms with Crippen LogP contribution in [0.25, 0.3) is 11.1 Å². The first-order valence-electron chi connectivity index (χ1n) is 9.18. The number of fused-ring (bicyclic) bond motifs is 1. The van der Waals surface area contributed by atoms with E-state index in [1.54, 1.807) is 6.92 Å². The second-order valence-corrected chi connectivity index (χ2v) is 9.08. The minimum absolute atomic E-state index is 0.0373. The Kier molecular flexibility index (Phi) is 4.95. The standard InChI is InChI=1S/C20H22FN3O3S/c1-14-3-6-18-17(11-14)22-20(27-18)13-23-7-9-24(10-8-23)28(25,26)19-12-16(21)5-4-15(19)2/h3-6,11-12H,7-10,13H2,1-2H3. The van der Waals surface area contributed by atoms with Crippen molar-refractivity contribution in [3.63, 3.8) is 0 Å². The molecule has 2 heterocycles. The molecule has 2 aromatic carbocycles. The zero-order valence-electron chi connectivity index (χ0n) is 15.9. The third kappa shape index (κ3) is 3.67. The molecule has 0 unspecified atom stereocenters. The molecule has 1 aliphatic heterocycles. The molecule has 6 nitrogen and oxygen atoms in total. The number of sulfonamides is 1. The van der Waals surface area contributed by atoms with Gasteiger partial charge in [0, 0.05) is 26.2 Å². The molecule has 0 N–H and O–H groups in total. The molecule has 1 aliphatic rings. The number of piperazine rings is 1. The number of benzene rings is 2. The Labute approximate surface area is 163 Å². The lowest BCUT2D eigenvalue weighted by Gasteiger charge is -2.33. The first kappa shape index (κ1) is 19.0. The first-order chi connectivity index (χ1) is 13.3. The van der Waals surface area contributed by atoms with Crippen LogP contribution in [-0.4, -0.2) is 48.8 Å². The van der Waals surface area contributed by atoms with E-state index in [4.69, 9.17) is 4.42 Å². The van der Waals surface area contributed by atoms with Crippen molar-refractivity contribution in [3.05, 3.63) is 59.2 Å². The van der Waals surface area contributed by atoms with Crippen LogP contribution in [0.15, 0.2) is 45.7 Å². The van der Waals surface area contributed by atoms with E-state index in [2.05, 4.69) is 9.88 Å². The molecule has 0 spiro atoms. The second-order valence-electron chi connectivity index (χ2n) is 7.17. The molecule has 0 amide bonds. The zero-order chi connectivity index (χ0) is 19.9. The molecule has 0 bridgehead atoms. The van der Waals surface area contributed by atoms with Crippen LogP contribution < -0.4 is 0 Å². The molecule has 3 aromatic rings. The zero-order valence-corrected chi connectivity index (χ0v) is 16.7. The van der Waals surface area contributed by atoms with E-state index in [1.165, 1.54) is 16.4 Å². The van der Waals surface area contributed by atoms with Crippen molar-refractivity contribution in [3.8, 4) is 0 Å². The highest BCUT2D eigenvalue weighted by atomic mass is 32.2. The molecule has 1 fully saturated rings. The lowest BCUT2D eigenvalue weighted by Crippen LogP contribution is -2.48. The van der Waals surface area contributed by atoms with Gasteiger partial charge in [-0.15, -0.1) is 0 Å². The summed E-state index contributed by atoms with van der Waals surface area (Å²) in [6.45, 7) is 6.03. The van der Waals surface area contributed by atoms with E-state index in [0.29, 0.717) is 44.2 Å². The van der Waals surface area contributed by atoms with Crippen molar-refractivity contribution in [2.45, 2.75) is 25.3 Å². The molecule has 28 heavy (non-hydrogen) atoms. The van der Waals surface area contributed by atoms with E-state index in [-0.39, 0.29) is 4.90 Å². The van der Waals surface area contributed by atoms with Gasteiger partial charge in [-0.2, -0.15) is 4.31 Å². The van der Waals surface area contributed by atoms with Crippen LogP contribution in [0, 0.1) is 19.7 Å². The number of rotatable bonds is 4. The summed E-state index contributed by atoms with van der Waals surface area (Å²) >= 11 is 0. The fourth-order valence-electron chi connectivity index (χ4n) is 3.46. The Morgan fingerprint density at radius 3 is 2.57 bits per heavy atom. The fourth-order valence-corrected chi connectivity index (χ4v) is 5.12. The predicted molar refractivity (Wildman–Crippen MR) is 104 cm³/mol. The highest BCUT2D eigenvalue weighted by Crippen LogP contribution is 2.23. The summed E-state index contributed by atoms with van der Waals surface area (Å²) in [6.07, 6.45) is 0. The van der Waals surface area contributed by atoms with Crippen molar-refractivity contribution >= 4 is 21.1 Å². The van der Waals surface area contributed by atoms with Gasteiger partial charge in [-0.05, 0) is 49.2 Å². The molecule has 1 saturated heterocycles. The quantitative estimate of drug-likeness (QED) is 0.670. The van der Waals surface area contributed by atoms with Crippen LogP contribution in [0.4, 0.5) is 4.39 Å². The molecule has 148 valence electrons. The number of hydrogen-bond acceptors (Lipinski definition) is 5. The molecule has 4 rings (SSSR count). The third-order valence-electron chi connectivity index (χ3n) is 5.05. The number of aromatic nitrogens is 1. The van der Waals surface area contributed by atoms with Gasteiger partial charge < -0.3 is 4.42 Å². The van der Waals surface area contributed by atoms with Crippen molar-refractivity contribution in [2.75, 3.05) is 26.2 Å². The minimum atomic E-state index is -3.71. The predicted octanol–water partition coefficient (Wildman–Crippen LogP) is 3.09. The maximum atomic E-state index is 13.6. The van der Waals surface area contributed by atoms with Gasteiger partial charge in [0.15, 0.2) is 5.58 Å². The number of hydrogen-bond donors (Lipinski definition) is 0. The van der Waals surface area contributed by atoms with E-state index < -0.39 is 15.8 Å². The molecular weight excluding hydrogens is 381 g/mol. The largest absolute Gasteiger partial charge is 0.439 e. The average Bonchev–Trinajstić information content (AvgIpc) is 3.05. The van der Waals surface area contributed by atoms with Gasteiger partial charge in [-0.1, -0.05) is 12.1 Å². The van der Waals surface area contributed by atoms with E-state index >= 15 is 0 Å². The van der Waals surface area contributed by atoms with Crippen LogP contribution in [0.3, 0.4) is 0 Å². The van der Waals surface area contributed by atoms with Crippen LogP contribution >= 0.6 is 0 Å². The smallest absolute Gasteiger partial charge is 0.243 e. The molecule has 0 atom stereocenters. The lowest BCUT2D eigenvalue weighted by atomic mass is 10.2. The van der Waals surface area contributed by atoms with Crippen molar-refractivity contribution in [2.24, 2.45) is 0 Å². The van der Waals surface area contributed by atoms with E-state index in [0.717, 1.165) is 22.7 Å². The van der Waals surface area contributed by atoms with Gasteiger partial charge in [-0.3, -0.25) is 4.90 Å². The Morgan fingerprint density at radius 1 is 1.07 bits per heavy atom. The summed E-state index contributed by atoms with van der Waals surface area (Å²) in [5.41, 5.74) is 3.26. The molecule has 0 aliphatic carbocycles. The molecule has 8 heteroatoms. The third-order valence-corrected chi connectivity index (χ3v) is 7.09. The highest BCUT2D eigenvalue weighted by molar-refractivity contribution is 7.89. The molecule has 0 radical (unpaired) electrons. The topological polar surface area (TPSA) is 66.7 Å². The maximum Gasteiger partial charge on any atom is 0.243 e. The molecular formula is C20H22FN3O3S. The van der Waals surface area contributed by atoms with Crippen LogP contribution in [0.2, 0.25) is 0 Å².